The number of nitrogens with one attached hydrogen (secondary N) is 3. The van der Waals surface area contributed by atoms with Crippen LogP contribution in [0.25, 0.3) is 0 Å². The summed E-state index contributed by atoms with van der Waals surface area (Å²) >= 11 is 0. The van der Waals surface area contributed by atoms with Crippen molar-refractivity contribution >= 4 is 30.0 Å². The lowest BCUT2D eigenvalue weighted by Gasteiger charge is -2.37. The van der Waals surface area contributed by atoms with Gasteiger partial charge in [-0.25, -0.2) is 4.79 Å². The predicted molar refractivity (Wildman–Crippen MR) is 98.6 cm³/mol. The van der Waals surface area contributed by atoms with Crippen molar-refractivity contribution < 1.29 is 9.59 Å². The molecular weight excluding hydrogens is 328 g/mol. The fourth-order valence-corrected chi connectivity index (χ4v) is 2.81. The van der Waals surface area contributed by atoms with Crippen LogP contribution in [0.4, 0.5) is 10.5 Å². The number of nitrogens with zero attached hydrogens (tertiary/aromatic N) is 1. The second-order valence-corrected chi connectivity index (χ2v) is 6.45. The Labute approximate surface area is 149 Å². The molecule has 1 fully saturated rings. The van der Waals surface area contributed by atoms with Gasteiger partial charge in [-0.1, -0.05) is 18.2 Å². The summed E-state index contributed by atoms with van der Waals surface area (Å²) in [6.45, 7) is 4.90. The summed E-state index contributed by atoms with van der Waals surface area (Å²) in [4.78, 5) is 26.7. The van der Waals surface area contributed by atoms with Gasteiger partial charge in [-0.05, 0) is 45.9 Å². The molecule has 3 N–H and O–H groups in total. The van der Waals surface area contributed by atoms with E-state index in [4.69, 9.17) is 0 Å². The number of carbonyl (C=O) groups is 2. The third-order valence-electron chi connectivity index (χ3n) is 4.11. The minimum atomic E-state index is -0.950. The van der Waals surface area contributed by atoms with Crippen LogP contribution in [-0.4, -0.2) is 48.6 Å². The van der Waals surface area contributed by atoms with Gasteiger partial charge in [0.1, 0.15) is 5.54 Å². The highest BCUT2D eigenvalue weighted by Crippen LogP contribution is 2.16. The SMILES string of the molecule is CNC1CCCN(C(=O)C(C)(C)NC(=O)Nc2ccccc2)C1.Cl. The van der Waals surface area contributed by atoms with Gasteiger partial charge in [-0.15, -0.1) is 12.4 Å². The van der Waals surface area contributed by atoms with Crippen LogP contribution >= 0.6 is 12.4 Å². The number of carbonyl (C=O) groups excluding carboxylic acids is 2. The average molecular weight is 355 g/mol. The van der Waals surface area contributed by atoms with Crippen molar-refractivity contribution in [3.8, 4) is 0 Å². The number of amides is 3. The minimum Gasteiger partial charge on any atom is -0.339 e. The van der Waals surface area contributed by atoms with Gasteiger partial charge in [0.2, 0.25) is 5.91 Å². The quantitative estimate of drug-likeness (QED) is 0.776. The molecule has 6 nitrogen and oxygen atoms in total. The number of likely N-dealkylation sites (tertiary alicyclic amines) is 1. The first-order chi connectivity index (χ1) is 10.9. The van der Waals surface area contributed by atoms with Crippen molar-refractivity contribution in [1.82, 2.24) is 15.5 Å². The summed E-state index contributed by atoms with van der Waals surface area (Å²) in [6, 6.07) is 9.12. The fourth-order valence-electron chi connectivity index (χ4n) is 2.81. The topological polar surface area (TPSA) is 73.5 Å². The molecule has 2 rings (SSSR count). The van der Waals surface area contributed by atoms with E-state index in [2.05, 4.69) is 16.0 Å². The van der Waals surface area contributed by atoms with Crippen molar-refractivity contribution in [3.05, 3.63) is 30.3 Å². The molecule has 0 spiro atoms. The van der Waals surface area contributed by atoms with Crippen molar-refractivity contribution in [2.24, 2.45) is 0 Å². The van der Waals surface area contributed by atoms with Crippen LogP contribution in [-0.2, 0) is 4.79 Å². The van der Waals surface area contributed by atoms with E-state index in [1.807, 2.05) is 30.1 Å². The second kappa shape index (κ2) is 8.89. The highest BCUT2D eigenvalue weighted by Gasteiger charge is 2.35. The molecule has 3 amide bonds. The average Bonchev–Trinajstić information content (AvgIpc) is 2.54. The lowest BCUT2D eigenvalue weighted by Crippen LogP contribution is -2.59. The first-order valence-corrected chi connectivity index (χ1v) is 8.03. The van der Waals surface area contributed by atoms with Crippen LogP contribution in [0, 0.1) is 0 Å². The van der Waals surface area contributed by atoms with Gasteiger partial charge < -0.3 is 20.9 Å². The predicted octanol–water partition coefficient (Wildman–Crippen LogP) is 2.22. The smallest absolute Gasteiger partial charge is 0.320 e. The van der Waals surface area contributed by atoms with Gasteiger partial charge in [0.15, 0.2) is 0 Å². The summed E-state index contributed by atoms with van der Waals surface area (Å²) < 4.78 is 0. The maximum atomic E-state index is 12.7. The van der Waals surface area contributed by atoms with Crippen LogP contribution in [0.2, 0.25) is 0 Å². The Morgan fingerprint density at radius 2 is 1.88 bits per heavy atom. The molecule has 7 heteroatoms. The maximum absolute atomic E-state index is 12.7. The zero-order valence-electron chi connectivity index (χ0n) is 14.5. The molecule has 1 aliphatic rings. The van der Waals surface area contributed by atoms with Crippen LogP contribution in [0.15, 0.2) is 30.3 Å². The summed E-state index contributed by atoms with van der Waals surface area (Å²) in [5.41, 5.74) is -0.254. The molecular formula is C17H27ClN4O2. The second-order valence-electron chi connectivity index (χ2n) is 6.45. The third-order valence-corrected chi connectivity index (χ3v) is 4.11. The van der Waals surface area contributed by atoms with Crippen LogP contribution in [0.5, 0.6) is 0 Å². The Morgan fingerprint density at radius 3 is 2.50 bits per heavy atom. The Morgan fingerprint density at radius 1 is 1.21 bits per heavy atom. The van der Waals surface area contributed by atoms with Crippen LogP contribution < -0.4 is 16.0 Å². The van der Waals surface area contributed by atoms with Crippen molar-refractivity contribution in [3.63, 3.8) is 0 Å². The van der Waals surface area contributed by atoms with E-state index in [0.717, 1.165) is 19.4 Å². The molecule has 0 saturated carbocycles. The standard InChI is InChI=1S/C17H26N4O2.ClH/c1-17(2,15(22)21-11-7-10-14(12-21)18-3)20-16(23)19-13-8-5-4-6-9-13;/h4-6,8-9,14,18H,7,10-12H2,1-3H3,(H2,19,20,23);1H. The Bertz CT molecular complexity index is 551. The molecule has 0 aliphatic carbocycles. The highest BCUT2D eigenvalue weighted by molar-refractivity contribution is 5.95. The summed E-state index contributed by atoms with van der Waals surface area (Å²) in [5.74, 6) is -0.0549. The van der Waals surface area contributed by atoms with Crippen molar-refractivity contribution in [1.29, 1.82) is 0 Å². The van der Waals surface area contributed by atoms with Gasteiger partial charge in [-0.2, -0.15) is 0 Å². The number of hydrogen-bond donors (Lipinski definition) is 3. The van der Waals surface area contributed by atoms with Crippen molar-refractivity contribution in [2.75, 3.05) is 25.5 Å². The number of benzene rings is 1. The van der Waals surface area contributed by atoms with E-state index < -0.39 is 5.54 Å². The lowest BCUT2D eigenvalue weighted by molar-refractivity contribution is -0.138. The zero-order chi connectivity index (χ0) is 16.9. The summed E-state index contributed by atoms with van der Waals surface area (Å²) in [5, 5.41) is 8.74. The molecule has 1 aromatic rings. The van der Waals surface area contributed by atoms with E-state index in [1.54, 1.807) is 26.0 Å². The number of likely N-dealkylation sites (N-methyl/N-ethyl adjacent to an activating group) is 1. The van der Waals surface area contributed by atoms with Gasteiger partial charge >= 0.3 is 6.03 Å². The van der Waals surface area contributed by atoms with E-state index in [1.165, 1.54) is 0 Å². The molecule has 0 bridgehead atoms. The Hall–Kier alpha value is -1.79. The fraction of sp³-hybridized carbons (Fsp3) is 0.529. The molecule has 1 heterocycles. The van der Waals surface area contributed by atoms with Gasteiger partial charge in [-0.3, -0.25) is 4.79 Å². The first-order valence-electron chi connectivity index (χ1n) is 8.03. The number of rotatable bonds is 4. The Balaban J connectivity index is 0.00000288. The number of piperidine rings is 1. The van der Waals surface area contributed by atoms with E-state index in [9.17, 15) is 9.59 Å². The maximum Gasteiger partial charge on any atom is 0.320 e. The minimum absolute atomic E-state index is 0. The third kappa shape index (κ3) is 5.39. The molecule has 134 valence electrons. The number of hydrogen-bond acceptors (Lipinski definition) is 3. The largest absolute Gasteiger partial charge is 0.339 e. The number of para-hydroxylation sites is 1. The van der Waals surface area contributed by atoms with E-state index >= 15 is 0 Å². The summed E-state index contributed by atoms with van der Waals surface area (Å²) in [7, 11) is 1.91. The first kappa shape index (κ1) is 20.3. The normalized spacial score (nSPS) is 17.6. The van der Waals surface area contributed by atoms with E-state index in [-0.39, 0.29) is 24.3 Å². The zero-order valence-corrected chi connectivity index (χ0v) is 15.3. The number of urea groups is 1. The molecule has 1 saturated heterocycles. The van der Waals surface area contributed by atoms with Crippen LogP contribution in [0.3, 0.4) is 0 Å². The van der Waals surface area contributed by atoms with Gasteiger partial charge in [0.25, 0.3) is 0 Å². The molecule has 1 unspecified atom stereocenters. The molecule has 1 aliphatic heterocycles. The molecule has 0 radical (unpaired) electrons. The monoisotopic (exact) mass is 354 g/mol. The van der Waals surface area contributed by atoms with E-state index in [0.29, 0.717) is 18.3 Å². The molecule has 1 aromatic carbocycles. The van der Waals surface area contributed by atoms with Gasteiger partial charge in [0.05, 0.1) is 0 Å². The summed E-state index contributed by atoms with van der Waals surface area (Å²) in [6.07, 6.45) is 2.05. The molecule has 1 atom stereocenters. The number of halogens is 1. The van der Waals surface area contributed by atoms with Gasteiger partial charge in [0, 0.05) is 24.8 Å². The number of anilines is 1. The molecule has 0 aromatic heterocycles. The van der Waals surface area contributed by atoms with Crippen LogP contribution in [0.1, 0.15) is 26.7 Å². The molecule has 24 heavy (non-hydrogen) atoms. The Kier molecular flexibility index (Phi) is 7.51. The van der Waals surface area contributed by atoms with Crippen molar-refractivity contribution in [2.45, 2.75) is 38.3 Å². The lowest BCUT2D eigenvalue weighted by atomic mass is 9.99. The highest BCUT2D eigenvalue weighted by atomic mass is 35.5.